The van der Waals surface area contributed by atoms with Crippen molar-refractivity contribution in [3.63, 3.8) is 0 Å². The van der Waals surface area contributed by atoms with Crippen molar-refractivity contribution >= 4 is 11.8 Å². The first-order valence-electron chi connectivity index (χ1n) is 11.1. The van der Waals surface area contributed by atoms with Gasteiger partial charge in [0.15, 0.2) is 0 Å². The maximum atomic E-state index is 13.5. The highest BCUT2D eigenvalue weighted by Gasteiger charge is 2.44. The van der Waals surface area contributed by atoms with E-state index < -0.39 is 5.41 Å². The van der Waals surface area contributed by atoms with E-state index in [0.29, 0.717) is 32.5 Å². The molecule has 2 amide bonds. The quantitative estimate of drug-likeness (QED) is 0.569. The van der Waals surface area contributed by atoms with Gasteiger partial charge in [-0.05, 0) is 36.5 Å². The molecule has 1 aliphatic heterocycles. The Morgan fingerprint density at radius 1 is 1.09 bits per heavy atom. The van der Waals surface area contributed by atoms with Gasteiger partial charge in [-0.15, -0.1) is 6.58 Å². The Labute approximate surface area is 193 Å². The van der Waals surface area contributed by atoms with Crippen LogP contribution < -0.4 is 5.32 Å². The van der Waals surface area contributed by atoms with E-state index in [0.717, 1.165) is 23.1 Å². The minimum Gasteiger partial charge on any atom is -0.352 e. The zero-order valence-corrected chi connectivity index (χ0v) is 18.5. The Morgan fingerprint density at radius 3 is 2.70 bits per heavy atom. The number of hydrogen-bond acceptors (Lipinski definition) is 5. The first-order valence-corrected chi connectivity index (χ1v) is 11.1. The van der Waals surface area contributed by atoms with E-state index in [1.54, 1.807) is 17.2 Å². The molecule has 4 rings (SSSR count). The number of likely N-dealkylation sites (tertiary alicyclic amines) is 1. The summed E-state index contributed by atoms with van der Waals surface area (Å²) >= 11 is 0. The lowest BCUT2D eigenvalue weighted by Gasteiger charge is -2.42. The van der Waals surface area contributed by atoms with Crippen molar-refractivity contribution < 1.29 is 9.59 Å². The third-order valence-electron chi connectivity index (χ3n) is 6.05. The number of carbonyl (C=O) groups excluding carboxylic acids is 2. The molecular weight excluding hydrogens is 414 g/mol. The molecule has 1 fully saturated rings. The van der Waals surface area contributed by atoms with Gasteiger partial charge in [-0.2, -0.15) is 0 Å². The number of piperidine rings is 1. The van der Waals surface area contributed by atoms with Crippen molar-refractivity contribution in [1.82, 2.24) is 25.2 Å². The van der Waals surface area contributed by atoms with Crippen LogP contribution in [0.2, 0.25) is 0 Å². The van der Waals surface area contributed by atoms with Crippen molar-refractivity contribution in [3.05, 3.63) is 91.3 Å². The molecule has 168 valence electrons. The van der Waals surface area contributed by atoms with Gasteiger partial charge in [0, 0.05) is 50.0 Å². The van der Waals surface area contributed by atoms with Crippen molar-refractivity contribution in [1.29, 1.82) is 0 Å². The predicted octanol–water partition coefficient (Wildman–Crippen LogP) is 3.31. The van der Waals surface area contributed by atoms with Crippen LogP contribution in [-0.4, -0.2) is 51.3 Å². The molecule has 3 aromatic rings. The van der Waals surface area contributed by atoms with Crippen molar-refractivity contribution in [2.24, 2.45) is 5.41 Å². The molecule has 0 saturated carbocycles. The lowest BCUT2D eigenvalue weighted by Crippen LogP contribution is -2.54. The monoisotopic (exact) mass is 441 g/mol. The fourth-order valence-corrected chi connectivity index (χ4v) is 4.48. The first kappa shape index (κ1) is 22.3. The molecule has 1 aromatic carbocycles. The standard InChI is InChI=1S/C26H27N5O2/c1-2-11-30-25(33)26(10-6-15-31(19-26)24(32)23-18-28-13-14-29-23)16-20-7-3-4-9-22(20)21-8-5-12-27-17-21/h2-5,7-9,12-14,17-18H,1,6,10-11,15-16,19H2,(H,30,33). The number of aromatic nitrogens is 3. The van der Waals surface area contributed by atoms with E-state index in [-0.39, 0.29) is 17.5 Å². The van der Waals surface area contributed by atoms with E-state index in [1.807, 2.05) is 42.6 Å². The molecule has 1 atom stereocenters. The number of pyridine rings is 1. The fourth-order valence-electron chi connectivity index (χ4n) is 4.48. The van der Waals surface area contributed by atoms with Gasteiger partial charge < -0.3 is 10.2 Å². The lowest BCUT2D eigenvalue weighted by molar-refractivity contribution is -0.133. The number of nitrogens with one attached hydrogen (secondary N) is 1. The van der Waals surface area contributed by atoms with Crippen molar-refractivity contribution in [2.75, 3.05) is 19.6 Å². The third-order valence-corrected chi connectivity index (χ3v) is 6.05. The molecule has 1 saturated heterocycles. The zero-order chi connectivity index (χ0) is 23.1. The highest BCUT2D eigenvalue weighted by atomic mass is 16.2. The molecular formula is C26H27N5O2. The number of rotatable bonds is 7. The molecule has 2 aromatic heterocycles. The van der Waals surface area contributed by atoms with Gasteiger partial charge in [0.25, 0.3) is 5.91 Å². The van der Waals surface area contributed by atoms with E-state index in [2.05, 4.69) is 26.8 Å². The fraction of sp³-hybridized carbons (Fsp3) is 0.269. The summed E-state index contributed by atoms with van der Waals surface area (Å²) in [7, 11) is 0. The molecule has 1 aliphatic rings. The molecule has 7 nitrogen and oxygen atoms in total. The Kier molecular flexibility index (Phi) is 6.88. The second kappa shape index (κ2) is 10.2. The molecule has 0 bridgehead atoms. The number of amides is 2. The summed E-state index contributed by atoms with van der Waals surface area (Å²) in [6.45, 7) is 4.99. The summed E-state index contributed by atoms with van der Waals surface area (Å²) in [5.74, 6) is -0.274. The Balaban J connectivity index is 1.68. The molecule has 1 N–H and O–H groups in total. The van der Waals surface area contributed by atoms with Crippen LogP contribution in [0, 0.1) is 5.41 Å². The predicted molar refractivity (Wildman–Crippen MR) is 126 cm³/mol. The maximum absolute atomic E-state index is 13.5. The molecule has 7 heteroatoms. The first-order chi connectivity index (χ1) is 16.1. The molecule has 3 heterocycles. The highest BCUT2D eigenvalue weighted by molar-refractivity contribution is 5.93. The van der Waals surface area contributed by atoms with Gasteiger partial charge in [0.05, 0.1) is 11.6 Å². The van der Waals surface area contributed by atoms with Crippen LogP contribution in [0.5, 0.6) is 0 Å². The molecule has 1 unspecified atom stereocenters. The summed E-state index contributed by atoms with van der Waals surface area (Å²) in [6.07, 6.45) is 11.7. The van der Waals surface area contributed by atoms with Crippen molar-refractivity contribution in [2.45, 2.75) is 19.3 Å². The minimum absolute atomic E-state index is 0.0694. The molecule has 33 heavy (non-hydrogen) atoms. The Hall–Kier alpha value is -3.87. The van der Waals surface area contributed by atoms with Crippen molar-refractivity contribution in [3.8, 4) is 11.1 Å². The second-order valence-corrected chi connectivity index (χ2v) is 8.28. The van der Waals surface area contributed by atoms with Crippen LogP contribution in [0.25, 0.3) is 11.1 Å². The van der Waals surface area contributed by atoms with Gasteiger partial charge in [0.1, 0.15) is 5.69 Å². The van der Waals surface area contributed by atoms with Crippen LogP contribution in [0.4, 0.5) is 0 Å². The van der Waals surface area contributed by atoms with Crippen LogP contribution in [0.15, 0.2) is 80.0 Å². The van der Waals surface area contributed by atoms with E-state index in [1.165, 1.54) is 18.6 Å². The van der Waals surface area contributed by atoms with Gasteiger partial charge in [-0.1, -0.05) is 36.4 Å². The van der Waals surface area contributed by atoms with Gasteiger partial charge in [0.2, 0.25) is 5.91 Å². The van der Waals surface area contributed by atoms with E-state index in [4.69, 9.17) is 0 Å². The highest BCUT2D eigenvalue weighted by Crippen LogP contribution is 2.37. The number of benzene rings is 1. The second-order valence-electron chi connectivity index (χ2n) is 8.28. The SMILES string of the molecule is C=CCNC(=O)C1(Cc2ccccc2-c2cccnc2)CCCN(C(=O)c2cnccn2)C1. The largest absolute Gasteiger partial charge is 0.352 e. The van der Waals surface area contributed by atoms with Gasteiger partial charge in [-0.25, -0.2) is 4.98 Å². The Morgan fingerprint density at radius 2 is 1.94 bits per heavy atom. The zero-order valence-electron chi connectivity index (χ0n) is 18.5. The molecule has 0 radical (unpaired) electrons. The average molecular weight is 442 g/mol. The van der Waals surface area contributed by atoms with Crippen LogP contribution >= 0.6 is 0 Å². The third kappa shape index (κ3) is 4.98. The van der Waals surface area contributed by atoms with E-state index >= 15 is 0 Å². The number of carbonyl (C=O) groups is 2. The van der Waals surface area contributed by atoms with E-state index in [9.17, 15) is 9.59 Å². The maximum Gasteiger partial charge on any atom is 0.274 e. The van der Waals surface area contributed by atoms with Gasteiger partial charge >= 0.3 is 0 Å². The summed E-state index contributed by atoms with van der Waals surface area (Å²) in [5.41, 5.74) is 2.61. The minimum atomic E-state index is -0.766. The lowest BCUT2D eigenvalue weighted by atomic mass is 9.73. The van der Waals surface area contributed by atoms with Crippen LogP contribution in [0.3, 0.4) is 0 Å². The summed E-state index contributed by atoms with van der Waals surface area (Å²) in [4.78, 5) is 40.8. The summed E-state index contributed by atoms with van der Waals surface area (Å²) < 4.78 is 0. The Bertz CT molecular complexity index is 1120. The van der Waals surface area contributed by atoms with Crippen LogP contribution in [0.1, 0.15) is 28.9 Å². The smallest absolute Gasteiger partial charge is 0.274 e. The summed E-state index contributed by atoms with van der Waals surface area (Å²) in [5, 5.41) is 2.99. The molecule has 0 aliphatic carbocycles. The molecule has 0 spiro atoms. The summed E-state index contributed by atoms with van der Waals surface area (Å²) in [6, 6.07) is 12.0. The van der Waals surface area contributed by atoms with Gasteiger partial charge in [-0.3, -0.25) is 19.6 Å². The van der Waals surface area contributed by atoms with Crippen LogP contribution in [-0.2, 0) is 11.2 Å². The topological polar surface area (TPSA) is 88.1 Å². The number of hydrogen-bond donors (Lipinski definition) is 1. The normalized spacial score (nSPS) is 17.9. The average Bonchev–Trinajstić information content (AvgIpc) is 2.88. The number of nitrogens with zero attached hydrogens (tertiary/aromatic N) is 4.